The lowest BCUT2D eigenvalue weighted by Gasteiger charge is -2.15. The molecule has 5 heteroatoms. The van der Waals surface area contributed by atoms with Gasteiger partial charge < -0.3 is 10.2 Å². The van der Waals surface area contributed by atoms with E-state index in [1.165, 1.54) is 0 Å². The van der Waals surface area contributed by atoms with Crippen LogP contribution in [0.1, 0.15) is 12.6 Å². The Bertz CT molecular complexity index is 597. The molecule has 0 fully saturated rings. The summed E-state index contributed by atoms with van der Waals surface area (Å²) >= 11 is 0. The SMILES string of the molecule is CCN(C)C(=O)CNc1nc2ccccc2nc1C. The van der Waals surface area contributed by atoms with Crippen molar-refractivity contribution in [3.8, 4) is 0 Å². The van der Waals surface area contributed by atoms with Gasteiger partial charge in [-0.25, -0.2) is 9.97 Å². The largest absolute Gasteiger partial charge is 0.359 e. The molecule has 0 aliphatic carbocycles. The molecule has 1 aromatic heterocycles. The standard InChI is InChI=1S/C14H18N4O/c1-4-18(3)13(19)9-15-14-10(2)16-11-7-5-6-8-12(11)17-14/h5-8H,4,9H2,1-3H3,(H,15,17). The van der Waals surface area contributed by atoms with E-state index in [0.717, 1.165) is 16.7 Å². The third-order valence-corrected chi connectivity index (χ3v) is 3.05. The Labute approximate surface area is 112 Å². The molecule has 5 nitrogen and oxygen atoms in total. The zero-order valence-corrected chi connectivity index (χ0v) is 11.5. The monoisotopic (exact) mass is 258 g/mol. The van der Waals surface area contributed by atoms with Crippen LogP contribution >= 0.6 is 0 Å². The predicted octanol–water partition coefficient (Wildman–Crippen LogP) is 1.83. The zero-order valence-electron chi connectivity index (χ0n) is 11.5. The van der Waals surface area contributed by atoms with Crippen molar-refractivity contribution in [1.82, 2.24) is 14.9 Å². The summed E-state index contributed by atoms with van der Waals surface area (Å²) in [5.74, 6) is 0.702. The van der Waals surface area contributed by atoms with E-state index in [9.17, 15) is 4.79 Å². The highest BCUT2D eigenvalue weighted by molar-refractivity contribution is 5.81. The molecule has 2 rings (SSSR count). The van der Waals surface area contributed by atoms with E-state index in [2.05, 4.69) is 15.3 Å². The molecule has 19 heavy (non-hydrogen) atoms. The van der Waals surface area contributed by atoms with Crippen molar-refractivity contribution in [1.29, 1.82) is 0 Å². The topological polar surface area (TPSA) is 58.1 Å². The summed E-state index contributed by atoms with van der Waals surface area (Å²) in [4.78, 5) is 22.4. The third kappa shape index (κ3) is 2.99. The van der Waals surface area contributed by atoms with Gasteiger partial charge in [0.25, 0.3) is 0 Å². The van der Waals surface area contributed by atoms with Crippen molar-refractivity contribution in [3.05, 3.63) is 30.0 Å². The van der Waals surface area contributed by atoms with Crippen molar-refractivity contribution in [2.24, 2.45) is 0 Å². The molecule has 0 bridgehead atoms. The van der Waals surface area contributed by atoms with Crippen LogP contribution in [-0.2, 0) is 4.79 Å². The molecule has 0 aliphatic heterocycles. The van der Waals surface area contributed by atoms with Crippen molar-refractivity contribution >= 4 is 22.8 Å². The second-order valence-corrected chi connectivity index (χ2v) is 4.41. The summed E-state index contributed by atoms with van der Waals surface area (Å²) in [6.07, 6.45) is 0. The third-order valence-electron chi connectivity index (χ3n) is 3.05. The van der Waals surface area contributed by atoms with E-state index >= 15 is 0 Å². The molecule has 0 radical (unpaired) electrons. The van der Waals surface area contributed by atoms with E-state index in [0.29, 0.717) is 12.4 Å². The number of aryl methyl sites for hydroxylation is 1. The Hall–Kier alpha value is -2.17. The summed E-state index contributed by atoms with van der Waals surface area (Å²) in [6, 6.07) is 7.69. The summed E-state index contributed by atoms with van der Waals surface area (Å²) in [5.41, 5.74) is 2.49. The molecule has 2 aromatic rings. The first kappa shape index (κ1) is 13.3. The fourth-order valence-corrected chi connectivity index (χ4v) is 1.73. The number of hydrogen-bond acceptors (Lipinski definition) is 4. The number of nitrogens with zero attached hydrogens (tertiary/aromatic N) is 3. The Morgan fingerprint density at radius 3 is 2.53 bits per heavy atom. The molecule has 0 atom stereocenters. The van der Waals surface area contributed by atoms with Crippen LogP contribution in [0.5, 0.6) is 0 Å². The van der Waals surface area contributed by atoms with Crippen molar-refractivity contribution in [3.63, 3.8) is 0 Å². The average molecular weight is 258 g/mol. The van der Waals surface area contributed by atoms with Crippen LogP contribution in [0, 0.1) is 6.92 Å². The molecule has 0 saturated heterocycles. The number of fused-ring (bicyclic) bond motifs is 1. The minimum atomic E-state index is 0.0388. The van der Waals surface area contributed by atoms with Crippen LogP contribution in [-0.4, -0.2) is 40.9 Å². The Balaban J connectivity index is 2.16. The van der Waals surface area contributed by atoms with Crippen LogP contribution in [0.4, 0.5) is 5.82 Å². The number of para-hydroxylation sites is 2. The maximum absolute atomic E-state index is 11.7. The number of rotatable bonds is 4. The highest BCUT2D eigenvalue weighted by Crippen LogP contribution is 2.15. The molecule has 0 unspecified atom stereocenters. The van der Waals surface area contributed by atoms with Gasteiger partial charge in [0.2, 0.25) is 5.91 Å². The van der Waals surface area contributed by atoms with Crippen molar-refractivity contribution < 1.29 is 4.79 Å². The van der Waals surface area contributed by atoms with Gasteiger partial charge in [0.05, 0.1) is 23.3 Å². The van der Waals surface area contributed by atoms with Gasteiger partial charge in [-0.1, -0.05) is 12.1 Å². The number of aromatic nitrogens is 2. The lowest BCUT2D eigenvalue weighted by Crippen LogP contribution is -2.32. The molecule has 1 amide bonds. The number of anilines is 1. The second-order valence-electron chi connectivity index (χ2n) is 4.41. The lowest BCUT2D eigenvalue weighted by molar-refractivity contribution is -0.127. The Morgan fingerprint density at radius 1 is 1.26 bits per heavy atom. The van der Waals surface area contributed by atoms with Gasteiger partial charge in [0, 0.05) is 13.6 Å². The summed E-state index contributed by atoms with van der Waals surface area (Å²) in [7, 11) is 1.78. The van der Waals surface area contributed by atoms with Gasteiger partial charge in [0.15, 0.2) is 0 Å². The van der Waals surface area contributed by atoms with E-state index in [1.54, 1.807) is 11.9 Å². The lowest BCUT2D eigenvalue weighted by atomic mass is 10.3. The Kier molecular flexibility index (Phi) is 3.94. The number of likely N-dealkylation sites (N-methyl/N-ethyl adjacent to an activating group) is 1. The molecule has 100 valence electrons. The number of carbonyl (C=O) groups is 1. The van der Waals surface area contributed by atoms with Gasteiger partial charge in [0.1, 0.15) is 5.82 Å². The number of hydrogen-bond donors (Lipinski definition) is 1. The molecule has 0 spiro atoms. The quantitative estimate of drug-likeness (QED) is 0.909. The first-order valence-electron chi connectivity index (χ1n) is 6.33. The molecule has 0 aliphatic rings. The maximum atomic E-state index is 11.7. The first-order chi connectivity index (χ1) is 9.11. The first-order valence-corrected chi connectivity index (χ1v) is 6.33. The summed E-state index contributed by atoms with van der Waals surface area (Å²) < 4.78 is 0. The summed E-state index contributed by atoms with van der Waals surface area (Å²) in [5, 5.41) is 3.06. The van der Waals surface area contributed by atoms with E-state index in [4.69, 9.17) is 0 Å². The minimum Gasteiger partial charge on any atom is -0.359 e. The minimum absolute atomic E-state index is 0.0388. The number of nitrogens with one attached hydrogen (secondary N) is 1. The van der Waals surface area contributed by atoms with Gasteiger partial charge in [-0.15, -0.1) is 0 Å². The molecule has 1 heterocycles. The molecular weight excluding hydrogens is 240 g/mol. The van der Waals surface area contributed by atoms with E-state index < -0.39 is 0 Å². The smallest absolute Gasteiger partial charge is 0.241 e. The molecular formula is C14H18N4O. The van der Waals surface area contributed by atoms with Crippen LogP contribution in [0.2, 0.25) is 0 Å². The van der Waals surface area contributed by atoms with Gasteiger partial charge in [-0.2, -0.15) is 0 Å². The zero-order chi connectivity index (χ0) is 13.8. The van der Waals surface area contributed by atoms with E-state index in [-0.39, 0.29) is 12.5 Å². The van der Waals surface area contributed by atoms with Gasteiger partial charge in [-0.05, 0) is 26.0 Å². The number of amides is 1. The van der Waals surface area contributed by atoms with Gasteiger partial charge in [-0.3, -0.25) is 4.79 Å². The predicted molar refractivity (Wildman–Crippen MR) is 76.1 cm³/mol. The highest BCUT2D eigenvalue weighted by Gasteiger charge is 2.09. The van der Waals surface area contributed by atoms with E-state index in [1.807, 2.05) is 38.1 Å². The molecule has 0 saturated carbocycles. The fraction of sp³-hybridized carbons (Fsp3) is 0.357. The van der Waals surface area contributed by atoms with Crippen molar-refractivity contribution in [2.45, 2.75) is 13.8 Å². The van der Waals surface area contributed by atoms with Crippen LogP contribution in [0.3, 0.4) is 0 Å². The second kappa shape index (κ2) is 5.65. The number of carbonyl (C=O) groups excluding carboxylic acids is 1. The Morgan fingerprint density at radius 2 is 1.89 bits per heavy atom. The normalized spacial score (nSPS) is 10.5. The maximum Gasteiger partial charge on any atom is 0.241 e. The average Bonchev–Trinajstić information content (AvgIpc) is 2.43. The molecule has 1 aromatic carbocycles. The molecule has 1 N–H and O–H groups in total. The highest BCUT2D eigenvalue weighted by atomic mass is 16.2. The number of benzene rings is 1. The fourth-order valence-electron chi connectivity index (χ4n) is 1.73. The van der Waals surface area contributed by atoms with Crippen LogP contribution in [0.25, 0.3) is 11.0 Å². The van der Waals surface area contributed by atoms with Crippen LogP contribution in [0.15, 0.2) is 24.3 Å². The van der Waals surface area contributed by atoms with Crippen LogP contribution < -0.4 is 5.32 Å². The van der Waals surface area contributed by atoms with Crippen molar-refractivity contribution in [2.75, 3.05) is 25.5 Å². The van der Waals surface area contributed by atoms with Gasteiger partial charge >= 0.3 is 0 Å². The summed E-state index contributed by atoms with van der Waals surface area (Å²) in [6.45, 7) is 4.76.